The van der Waals surface area contributed by atoms with Crippen LogP contribution in [0.4, 0.5) is 0 Å². The summed E-state index contributed by atoms with van der Waals surface area (Å²) in [6.45, 7) is -0.167. The lowest BCUT2D eigenvalue weighted by molar-refractivity contribution is -0.144. The van der Waals surface area contributed by atoms with E-state index in [9.17, 15) is 9.59 Å². The Kier molecular flexibility index (Phi) is 6.92. The molecule has 0 aromatic carbocycles. The molecule has 0 fully saturated rings. The van der Waals surface area contributed by atoms with Gasteiger partial charge in [-0.2, -0.15) is 0 Å². The molecule has 0 rings (SSSR count). The normalized spacial score (nSPS) is 11.6. The van der Waals surface area contributed by atoms with E-state index in [2.05, 4.69) is 5.92 Å². The first-order valence-corrected chi connectivity index (χ1v) is 4.71. The summed E-state index contributed by atoms with van der Waals surface area (Å²) in [6, 6.07) is -0.785. The van der Waals surface area contributed by atoms with E-state index in [0.717, 1.165) is 4.90 Å². The lowest BCUT2D eigenvalue weighted by Gasteiger charge is -2.21. The smallest absolute Gasteiger partial charge is 0.323 e. The van der Waals surface area contributed by atoms with Gasteiger partial charge in [-0.05, 0) is 6.42 Å². The first kappa shape index (κ1) is 14.4. The van der Waals surface area contributed by atoms with Crippen LogP contribution < -0.4 is 5.73 Å². The number of hydrogen-bond donors (Lipinski definition) is 2. The summed E-state index contributed by atoms with van der Waals surface area (Å²) in [7, 11) is 1.49. The molecule has 0 spiro atoms. The maximum Gasteiger partial charge on any atom is 0.323 e. The van der Waals surface area contributed by atoms with Gasteiger partial charge in [-0.15, -0.1) is 6.42 Å². The van der Waals surface area contributed by atoms with Gasteiger partial charge in [-0.1, -0.05) is 5.92 Å². The van der Waals surface area contributed by atoms with Gasteiger partial charge < -0.3 is 20.5 Å². The second-order valence-corrected chi connectivity index (χ2v) is 3.18. The molecule has 6 heteroatoms. The molecule has 0 aliphatic carbocycles. The van der Waals surface area contributed by atoms with Crippen molar-refractivity contribution >= 4 is 11.9 Å². The lowest BCUT2D eigenvalue weighted by atomic mass is 10.2. The van der Waals surface area contributed by atoms with Crippen LogP contribution >= 0.6 is 0 Å². The van der Waals surface area contributed by atoms with Crippen molar-refractivity contribution in [1.82, 2.24) is 4.90 Å². The van der Waals surface area contributed by atoms with Gasteiger partial charge in [0.2, 0.25) is 5.91 Å². The van der Waals surface area contributed by atoms with E-state index < -0.39 is 24.5 Å². The molecule has 0 saturated heterocycles. The van der Waals surface area contributed by atoms with Crippen molar-refractivity contribution < 1.29 is 19.4 Å². The molecule has 90 valence electrons. The summed E-state index contributed by atoms with van der Waals surface area (Å²) >= 11 is 0. The molecule has 0 aromatic rings. The zero-order valence-corrected chi connectivity index (χ0v) is 9.18. The van der Waals surface area contributed by atoms with Crippen LogP contribution in [0.5, 0.6) is 0 Å². The van der Waals surface area contributed by atoms with E-state index >= 15 is 0 Å². The number of ether oxygens (including phenoxy) is 1. The number of carboxylic acid groups (broad SMARTS) is 1. The Labute approximate surface area is 94.4 Å². The van der Waals surface area contributed by atoms with Gasteiger partial charge in [-0.3, -0.25) is 9.59 Å². The third-order valence-corrected chi connectivity index (χ3v) is 1.87. The van der Waals surface area contributed by atoms with Gasteiger partial charge in [0, 0.05) is 13.7 Å². The van der Waals surface area contributed by atoms with Crippen LogP contribution in [-0.4, -0.2) is 54.7 Å². The zero-order valence-electron chi connectivity index (χ0n) is 9.18. The van der Waals surface area contributed by atoms with Crippen molar-refractivity contribution in [3.63, 3.8) is 0 Å². The number of nitrogens with zero attached hydrogens (tertiary/aromatic N) is 1. The van der Waals surface area contributed by atoms with Gasteiger partial charge in [0.05, 0.1) is 12.6 Å². The average Bonchev–Trinajstić information content (AvgIpc) is 2.23. The Bertz CT molecular complexity index is 285. The Morgan fingerprint density at radius 1 is 1.62 bits per heavy atom. The molecule has 0 heterocycles. The molecular formula is C10H16N2O4. The fourth-order valence-electron chi connectivity index (χ4n) is 1.09. The highest BCUT2D eigenvalue weighted by molar-refractivity contribution is 5.85. The van der Waals surface area contributed by atoms with Gasteiger partial charge in [-0.25, -0.2) is 0 Å². The van der Waals surface area contributed by atoms with E-state index in [0.29, 0.717) is 13.0 Å². The fraction of sp³-hybridized carbons (Fsp3) is 0.600. The van der Waals surface area contributed by atoms with Crippen LogP contribution in [0.1, 0.15) is 6.42 Å². The van der Waals surface area contributed by atoms with E-state index in [1.54, 1.807) is 0 Å². The van der Waals surface area contributed by atoms with Crippen LogP contribution in [-0.2, 0) is 14.3 Å². The maximum absolute atomic E-state index is 11.7. The molecule has 0 aliphatic rings. The van der Waals surface area contributed by atoms with Crippen molar-refractivity contribution in [2.24, 2.45) is 5.73 Å². The molecule has 0 bridgehead atoms. The van der Waals surface area contributed by atoms with Crippen molar-refractivity contribution in [2.45, 2.75) is 12.5 Å². The highest BCUT2D eigenvalue weighted by Gasteiger charge is 2.21. The minimum atomic E-state index is -1.12. The second kappa shape index (κ2) is 7.68. The van der Waals surface area contributed by atoms with Crippen molar-refractivity contribution in [1.29, 1.82) is 0 Å². The number of carboxylic acids is 1. The second-order valence-electron chi connectivity index (χ2n) is 3.18. The number of amides is 1. The Morgan fingerprint density at radius 2 is 2.25 bits per heavy atom. The molecule has 0 saturated carbocycles. The van der Waals surface area contributed by atoms with E-state index in [1.807, 2.05) is 0 Å². The highest BCUT2D eigenvalue weighted by atomic mass is 16.5. The summed E-state index contributed by atoms with van der Waals surface area (Å²) in [6.07, 6.45) is 5.37. The number of hydrogen-bond acceptors (Lipinski definition) is 4. The summed E-state index contributed by atoms with van der Waals surface area (Å²) in [4.78, 5) is 23.2. The van der Waals surface area contributed by atoms with Gasteiger partial charge >= 0.3 is 5.97 Å². The standard InChI is InChI=1S/C10H16N2O4/c1-3-5-12(7-9(13)14)10(15)8(11)4-6-16-2/h1,8H,4-7,11H2,2H3,(H,13,14). The number of methoxy groups -OCH3 is 1. The number of aliphatic carboxylic acids is 1. The predicted molar refractivity (Wildman–Crippen MR) is 57.5 cm³/mol. The quantitative estimate of drug-likeness (QED) is 0.539. The van der Waals surface area contributed by atoms with Crippen molar-refractivity contribution in [2.75, 3.05) is 26.8 Å². The minimum Gasteiger partial charge on any atom is -0.480 e. The summed E-state index contributed by atoms with van der Waals surface area (Å²) in [5.74, 6) is 0.623. The summed E-state index contributed by atoms with van der Waals surface area (Å²) in [5.41, 5.74) is 5.58. The molecular weight excluding hydrogens is 212 g/mol. The van der Waals surface area contributed by atoms with Crippen LogP contribution in [0.3, 0.4) is 0 Å². The average molecular weight is 228 g/mol. The molecule has 0 radical (unpaired) electrons. The number of terminal acetylenes is 1. The molecule has 16 heavy (non-hydrogen) atoms. The molecule has 1 amide bonds. The van der Waals surface area contributed by atoms with Gasteiger partial charge in [0.1, 0.15) is 6.54 Å². The zero-order chi connectivity index (χ0) is 12.6. The van der Waals surface area contributed by atoms with Gasteiger partial charge in [0.15, 0.2) is 0 Å². The van der Waals surface area contributed by atoms with E-state index in [1.165, 1.54) is 7.11 Å². The van der Waals surface area contributed by atoms with Gasteiger partial charge in [0.25, 0.3) is 0 Å². The monoisotopic (exact) mass is 228 g/mol. The molecule has 1 atom stereocenters. The largest absolute Gasteiger partial charge is 0.480 e. The molecule has 6 nitrogen and oxygen atoms in total. The van der Waals surface area contributed by atoms with E-state index in [4.69, 9.17) is 22.0 Å². The van der Waals surface area contributed by atoms with Crippen LogP contribution in [0.15, 0.2) is 0 Å². The summed E-state index contributed by atoms with van der Waals surface area (Å²) in [5, 5.41) is 8.59. The first-order chi connectivity index (χ1) is 7.52. The molecule has 1 unspecified atom stereocenters. The third-order valence-electron chi connectivity index (χ3n) is 1.87. The predicted octanol–water partition coefficient (Wildman–Crippen LogP) is -1.10. The maximum atomic E-state index is 11.7. The number of carbonyl (C=O) groups is 2. The minimum absolute atomic E-state index is 0.0637. The topological polar surface area (TPSA) is 92.9 Å². The summed E-state index contributed by atoms with van der Waals surface area (Å²) < 4.78 is 4.78. The number of rotatable bonds is 7. The highest BCUT2D eigenvalue weighted by Crippen LogP contribution is 1.97. The van der Waals surface area contributed by atoms with Crippen LogP contribution in [0.25, 0.3) is 0 Å². The number of nitrogens with two attached hydrogens (primary N) is 1. The van der Waals surface area contributed by atoms with Crippen molar-refractivity contribution in [3.05, 3.63) is 0 Å². The Balaban J connectivity index is 4.36. The van der Waals surface area contributed by atoms with Crippen molar-refractivity contribution in [3.8, 4) is 12.3 Å². The fourth-order valence-corrected chi connectivity index (χ4v) is 1.09. The molecule has 0 aliphatic heterocycles. The first-order valence-electron chi connectivity index (χ1n) is 4.71. The lowest BCUT2D eigenvalue weighted by Crippen LogP contribution is -2.46. The van der Waals surface area contributed by atoms with E-state index in [-0.39, 0.29) is 6.54 Å². The van der Waals surface area contributed by atoms with Crippen LogP contribution in [0.2, 0.25) is 0 Å². The molecule has 0 aromatic heterocycles. The molecule has 3 N–H and O–H groups in total. The Hall–Kier alpha value is -1.58. The SMILES string of the molecule is C#CCN(CC(=O)O)C(=O)C(N)CCOC. The third kappa shape index (κ3) is 5.34. The Morgan fingerprint density at radius 3 is 2.69 bits per heavy atom. The van der Waals surface area contributed by atoms with Crippen LogP contribution in [0, 0.1) is 12.3 Å². The number of carbonyl (C=O) groups excluding carboxylic acids is 1.